The van der Waals surface area contributed by atoms with Gasteiger partial charge in [0.1, 0.15) is 0 Å². The Kier molecular flexibility index (Phi) is 4.20. The molecule has 0 fully saturated rings. The van der Waals surface area contributed by atoms with Crippen LogP contribution in [0.2, 0.25) is 0 Å². The summed E-state index contributed by atoms with van der Waals surface area (Å²) in [4.78, 5) is 10.5. The van der Waals surface area contributed by atoms with Gasteiger partial charge in [0.05, 0.1) is 4.92 Å². The molecule has 0 aliphatic carbocycles. The number of nitro groups is 1. The molecule has 0 radical (unpaired) electrons. The summed E-state index contributed by atoms with van der Waals surface area (Å²) in [6.45, 7) is 2.68. The van der Waals surface area contributed by atoms with E-state index in [-0.39, 0.29) is 10.6 Å². The van der Waals surface area contributed by atoms with Crippen molar-refractivity contribution in [1.82, 2.24) is 0 Å². The number of benzene rings is 2. The first-order valence-electron chi connectivity index (χ1n) is 6.36. The van der Waals surface area contributed by atoms with E-state index in [2.05, 4.69) is 10.6 Å². The van der Waals surface area contributed by atoms with Crippen molar-refractivity contribution in [1.29, 1.82) is 0 Å². The summed E-state index contributed by atoms with van der Waals surface area (Å²) < 4.78 is 0. The zero-order chi connectivity index (χ0) is 14.5. The van der Waals surface area contributed by atoms with Gasteiger partial charge in [0, 0.05) is 37.1 Å². The summed E-state index contributed by atoms with van der Waals surface area (Å²) in [5, 5.41) is 17.1. The van der Waals surface area contributed by atoms with E-state index in [9.17, 15) is 10.1 Å². The lowest BCUT2D eigenvalue weighted by Crippen LogP contribution is -2.02. The van der Waals surface area contributed by atoms with Crippen LogP contribution in [0, 0.1) is 17.0 Å². The van der Waals surface area contributed by atoms with Gasteiger partial charge in [-0.15, -0.1) is 0 Å². The molecule has 2 rings (SSSR count). The number of aryl methyl sites for hydroxylation is 1. The summed E-state index contributed by atoms with van der Waals surface area (Å²) in [7, 11) is 1.74. The molecule has 2 aromatic carbocycles. The van der Waals surface area contributed by atoms with E-state index in [0.29, 0.717) is 12.2 Å². The largest absolute Gasteiger partial charge is 0.388 e. The Labute approximate surface area is 117 Å². The van der Waals surface area contributed by atoms with Crippen LogP contribution in [0.4, 0.5) is 17.1 Å². The first-order chi connectivity index (χ1) is 9.60. The zero-order valence-electron chi connectivity index (χ0n) is 11.5. The Balaban J connectivity index is 2.19. The Morgan fingerprint density at radius 3 is 2.50 bits per heavy atom. The standard InChI is InChI=1S/C15H17N3O2/c1-11-5-3-4-6-12(11)10-17-14-7-13(16-2)8-15(9-14)18(19)20/h3-9,16-17H,10H2,1-2H3. The van der Waals surface area contributed by atoms with E-state index < -0.39 is 0 Å². The zero-order valence-corrected chi connectivity index (χ0v) is 11.5. The lowest BCUT2D eigenvalue weighted by molar-refractivity contribution is -0.384. The molecule has 5 nitrogen and oxygen atoms in total. The Morgan fingerprint density at radius 1 is 1.15 bits per heavy atom. The van der Waals surface area contributed by atoms with Crippen LogP contribution in [-0.4, -0.2) is 12.0 Å². The second kappa shape index (κ2) is 6.06. The fraction of sp³-hybridized carbons (Fsp3) is 0.200. The first-order valence-corrected chi connectivity index (χ1v) is 6.36. The normalized spacial score (nSPS) is 10.1. The molecular formula is C15H17N3O2. The minimum absolute atomic E-state index is 0.0733. The molecule has 0 spiro atoms. The highest BCUT2D eigenvalue weighted by atomic mass is 16.6. The van der Waals surface area contributed by atoms with Gasteiger partial charge in [-0.05, 0) is 24.1 Å². The van der Waals surface area contributed by atoms with Crippen LogP contribution in [0.1, 0.15) is 11.1 Å². The number of nitro benzene ring substituents is 1. The Morgan fingerprint density at radius 2 is 1.85 bits per heavy atom. The fourth-order valence-electron chi connectivity index (χ4n) is 1.97. The number of anilines is 2. The minimum Gasteiger partial charge on any atom is -0.388 e. The van der Waals surface area contributed by atoms with Gasteiger partial charge < -0.3 is 10.6 Å². The minimum atomic E-state index is -0.389. The van der Waals surface area contributed by atoms with Gasteiger partial charge in [-0.2, -0.15) is 0 Å². The van der Waals surface area contributed by atoms with Gasteiger partial charge in [-0.25, -0.2) is 0 Å². The van der Waals surface area contributed by atoms with E-state index in [4.69, 9.17) is 0 Å². The fourth-order valence-corrected chi connectivity index (χ4v) is 1.97. The molecule has 0 amide bonds. The molecule has 0 heterocycles. The molecule has 104 valence electrons. The maximum atomic E-state index is 10.9. The van der Waals surface area contributed by atoms with E-state index in [1.165, 1.54) is 17.2 Å². The number of hydrogen-bond donors (Lipinski definition) is 2. The monoisotopic (exact) mass is 271 g/mol. The molecule has 0 saturated heterocycles. The Hall–Kier alpha value is -2.56. The van der Waals surface area contributed by atoms with Crippen molar-refractivity contribution in [3.05, 3.63) is 63.7 Å². The predicted molar refractivity (Wildman–Crippen MR) is 81.1 cm³/mol. The van der Waals surface area contributed by atoms with Crippen LogP contribution in [0.5, 0.6) is 0 Å². The second-order valence-electron chi connectivity index (χ2n) is 4.56. The van der Waals surface area contributed by atoms with Crippen LogP contribution in [0.15, 0.2) is 42.5 Å². The molecule has 0 saturated carbocycles. The SMILES string of the molecule is CNc1cc(NCc2ccccc2C)cc([N+](=O)[O-])c1. The van der Waals surface area contributed by atoms with Crippen LogP contribution < -0.4 is 10.6 Å². The lowest BCUT2D eigenvalue weighted by atomic mass is 10.1. The molecule has 0 atom stereocenters. The topological polar surface area (TPSA) is 67.2 Å². The van der Waals surface area contributed by atoms with Crippen molar-refractivity contribution < 1.29 is 4.92 Å². The third-order valence-corrected chi connectivity index (χ3v) is 3.16. The summed E-state index contributed by atoms with van der Waals surface area (Å²) >= 11 is 0. The molecule has 2 N–H and O–H groups in total. The molecule has 20 heavy (non-hydrogen) atoms. The third-order valence-electron chi connectivity index (χ3n) is 3.16. The molecule has 0 unspecified atom stereocenters. The molecular weight excluding hydrogens is 254 g/mol. The van der Waals surface area contributed by atoms with Gasteiger partial charge in [-0.3, -0.25) is 10.1 Å². The number of rotatable bonds is 5. The van der Waals surface area contributed by atoms with Crippen LogP contribution >= 0.6 is 0 Å². The molecule has 2 aromatic rings. The van der Waals surface area contributed by atoms with E-state index >= 15 is 0 Å². The number of nitrogens with zero attached hydrogens (tertiary/aromatic N) is 1. The van der Waals surface area contributed by atoms with Gasteiger partial charge in [0.25, 0.3) is 5.69 Å². The lowest BCUT2D eigenvalue weighted by Gasteiger charge is -2.10. The summed E-state index contributed by atoms with van der Waals surface area (Å²) in [5.74, 6) is 0. The first kappa shape index (κ1) is 13.9. The summed E-state index contributed by atoms with van der Waals surface area (Å²) in [6.07, 6.45) is 0. The van der Waals surface area contributed by atoms with Crippen molar-refractivity contribution in [3.63, 3.8) is 0 Å². The molecule has 0 aliphatic rings. The van der Waals surface area contributed by atoms with Crippen molar-refractivity contribution >= 4 is 17.1 Å². The molecule has 0 bridgehead atoms. The van der Waals surface area contributed by atoms with Gasteiger partial charge in [0.15, 0.2) is 0 Å². The van der Waals surface area contributed by atoms with E-state index in [1.807, 2.05) is 37.3 Å². The predicted octanol–water partition coefficient (Wildman–Crippen LogP) is 3.56. The van der Waals surface area contributed by atoms with Crippen molar-refractivity contribution in [2.24, 2.45) is 0 Å². The van der Waals surface area contributed by atoms with Gasteiger partial charge in [-0.1, -0.05) is 24.3 Å². The quantitative estimate of drug-likeness (QED) is 0.644. The molecule has 5 heteroatoms. The average molecular weight is 271 g/mol. The Bertz CT molecular complexity index is 626. The highest BCUT2D eigenvalue weighted by Crippen LogP contribution is 2.24. The van der Waals surface area contributed by atoms with E-state index in [1.54, 1.807) is 13.1 Å². The number of nitrogens with one attached hydrogen (secondary N) is 2. The van der Waals surface area contributed by atoms with Gasteiger partial charge in [0.2, 0.25) is 0 Å². The molecule has 0 aliphatic heterocycles. The maximum Gasteiger partial charge on any atom is 0.273 e. The average Bonchev–Trinajstić information content (AvgIpc) is 2.46. The van der Waals surface area contributed by atoms with Crippen molar-refractivity contribution in [2.75, 3.05) is 17.7 Å². The summed E-state index contributed by atoms with van der Waals surface area (Å²) in [6, 6.07) is 13.0. The number of non-ortho nitro benzene ring substituents is 1. The van der Waals surface area contributed by atoms with Crippen molar-refractivity contribution in [3.8, 4) is 0 Å². The van der Waals surface area contributed by atoms with Crippen molar-refractivity contribution in [2.45, 2.75) is 13.5 Å². The smallest absolute Gasteiger partial charge is 0.273 e. The third kappa shape index (κ3) is 3.26. The highest BCUT2D eigenvalue weighted by Gasteiger charge is 2.09. The number of hydrogen-bond acceptors (Lipinski definition) is 4. The van der Waals surface area contributed by atoms with E-state index in [0.717, 1.165) is 5.69 Å². The van der Waals surface area contributed by atoms with Crippen LogP contribution in [0.3, 0.4) is 0 Å². The van der Waals surface area contributed by atoms with Crippen LogP contribution in [0.25, 0.3) is 0 Å². The molecule has 0 aromatic heterocycles. The van der Waals surface area contributed by atoms with Gasteiger partial charge >= 0.3 is 0 Å². The second-order valence-corrected chi connectivity index (χ2v) is 4.56. The highest BCUT2D eigenvalue weighted by molar-refractivity contribution is 5.63. The summed E-state index contributed by atoms with van der Waals surface area (Å²) in [5.41, 5.74) is 3.88. The van der Waals surface area contributed by atoms with Crippen LogP contribution in [-0.2, 0) is 6.54 Å². The maximum absolute atomic E-state index is 10.9.